The number of alkyl halides is 3. The molecule has 0 N–H and O–H groups in total. The van der Waals surface area contributed by atoms with Crippen molar-refractivity contribution in [3.05, 3.63) is 66.1 Å². The summed E-state index contributed by atoms with van der Waals surface area (Å²) in [4.78, 5) is 0.0350. The van der Waals surface area contributed by atoms with Crippen LogP contribution in [-0.4, -0.2) is 24.5 Å². The zero-order valence-corrected chi connectivity index (χ0v) is 14.1. The van der Waals surface area contributed by atoms with Gasteiger partial charge in [0.15, 0.2) is 15.5 Å². The van der Waals surface area contributed by atoms with Gasteiger partial charge >= 0.3 is 6.18 Å². The molecule has 0 saturated carbocycles. The van der Waals surface area contributed by atoms with Crippen molar-refractivity contribution in [2.75, 3.05) is 6.26 Å². The number of hydrogen-bond acceptors (Lipinski definition) is 3. The standard InChI is InChI=1S/C17H12F4N2O2S/c1-26(24,25)14-8-6-13(7-9-14)23-15(10-16(22-23)17(19,20)21)11-2-4-12(18)5-3-11/h2-10H,1H3/i18-1. The molecule has 9 heteroatoms. The second kappa shape index (κ2) is 6.24. The van der Waals surface area contributed by atoms with Gasteiger partial charge in [-0.05, 0) is 54.6 Å². The molecule has 3 aromatic rings. The van der Waals surface area contributed by atoms with Crippen LogP contribution in [0.1, 0.15) is 5.69 Å². The van der Waals surface area contributed by atoms with Crippen molar-refractivity contribution in [3.8, 4) is 16.9 Å². The highest BCUT2D eigenvalue weighted by Crippen LogP contribution is 2.33. The molecule has 0 unspecified atom stereocenters. The van der Waals surface area contributed by atoms with Gasteiger partial charge in [-0.3, -0.25) is 0 Å². The lowest BCUT2D eigenvalue weighted by molar-refractivity contribution is -0.141. The summed E-state index contributed by atoms with van der Waals surface area (Å²) in [5, 5.41) is 3.59. The molecule has 0 spiro atoms. The van der Waals surface area contributed by atoms with Crippen molar-refractivity contribution in [2.24, 2.45) is 0 Å². The molecule has 3 rings (SSSR count). The van der Waals surface area contributed by atoms with Crippen LogP contribution in [-0.2, 0) is 16.0 Å². The van der Waals surface area contributed by atoms with Crippen molar-refractivity contribution in [2.45, 2.75) is 11.1 Å². The van der Waals surface area contributed by atoms with Gasteiger partial charge in [0, 0.05) is 11.8 Å². The van der Waals surface area contributed by atoms with Gasteiger partial charge in [0.25, 0.3) is 0 Å². The second-order valence-electron chi connectivity index (χ2n) is 5.60. The number of sulfone groups is 1. The summed E-state index contributed by atoms with van der Waals surface area (Å²) in [5.74, 6) is -0.520. The quantitative estimate of drug-likeness (QED) is 0.640. The van der Waals surface area contributed by atoms with Crippen molar-refractivity contribution in [1.82, 2.24) is 9.78 Å². The van der Waals surface area contributed by atoms with Gasteiger partial charge < -0.3 is 0 Å². The number of hydrogen-bond donors (Lipinski definition) is 0. The van der Waals surface area contributed by atoms with Crippen molar-refractivity contribution in [3.63, 3.8) is 0 Å². The van der Waals surface area contributed by atoms with E-state index in [0.717, 1.165) is 29.1 Å². The van der Waals surface area contributed by atoms with Crippen molar-refractivity contribution in [1.29, 1.82) is 0 Å². The summed E-state index contributed by atoms with van der Waals surface area (Å²) in [6, 6.07) is 11.1. The van der Waals surface area contributed by atoms with Crippen LogP contribution in [0.25, 0.3) is 16.9 Å². The largest absolute Gasteiger partial charge is 0.435 e. The summed E-state index contributed by atoms with van der Waals surface area (Å²) >= 11 is 0. The minimum absolute atomic E-state index is 0.0350. The monoisotopic (exact) mass is 383 g/mol. The SMILES string of the molecule is CS(=O)(=O)c1ccc(-n2nc(C(F)(F)F)cc2-c2ccc([18F])cc2)cc1. The molecular formula is C17H12F4N2O2S. The van der Waals surface area contributed by atoms with Gasteiger partial charge in [0.05, 0.1) is 16.3 Å². The lowest BCUT2D eigenvalue weighted by Gasteiger charge is -2.08. The van der Waals surface area contributed by atoms with Crippen LogP contribution >= 0.6 is 0 Å². The molecule has 0 bridgehead atoms. The van der Waals surface area contributed by atoms with Crippen LogP contribution in [0, 0.1) is 5.82 Å². The maximum Gasteiger partial charge on any atom is 0.435 e. The molecule has 136 valence electrons. The van der Waals surface area contributed by atoms with Crippen LogP contribution in [0.4, 0.5) is 17.6 Å². The first-order valence-corrected chi connectivity index (χ1v) is 9.18. The maximum absolute atomic E-state index is 13.1. The molecule has 0 aliphatic rings. The molecular weight excluding hydrogens is 371 g/mol. The lowest BCUT2D eigenvalue weighted by Crippen LogP contribution is -2.07. The first-order chi connectivity index (χ1) is 12.1. The van der Waals surface area contributed by atoms with E-state index in [2.05, 4.69) is 5.10 Å². The Balaban J connectivity index is 2.16. The topological polar surface area (TPSA) is 52.0 Å². The molecule has 2 aromatic carbocycles. The van der Waals surface area contributed by atoms with E-state index in [-0.39, 0.29) is 16.3 Å². The van der Waals surface area contributed by atoms with Gasteiger partial charge in [0.2, 0.25) is 0 Å². The Morgan fingerprint density at radius 2 is 1.54 bits per heavy atom. The van der Waals surface area contributed by atoms with Crippen LogP contribution in [0.3, 0.4) is 0 Å². The first kappa shape index (κ1) is 18.1. The zero-order valence-electron chi connectivity index (χ0n) is 13.3. The molecule has 4 nitrogen and oxygen atoms in total. The van der Waals surface area contributed by atoms with Gasteiger partial charge in [-0.15, -0.1) is 0 Å². The van der Waals surface area contributed by atoms with Crippen LogP contribution < -0.4 is 0 Å². The van der Waals surface area contributed by atoms with Crippen LogP contribution in [0.2, 0.25) is 0 Å². The average molecular weight is 383 g/mol. The van der Waals surface area contributed by atoms with E-state index in [9.17, 15) is 26.0 Å². The number of rotatable bonds is 3. The molecule has 0 saturated heterocycles. The predicted octanol–water partition coefficient (Wildman–Crippen LogP) is 4.10. The molecule has 0 aliphatic carbocycles. The number of halogens is 4. The van der Waals surface area contributed by atoms with Crippen molar-refractivity contribution < 1.29 is 26.0 Å². The summed E-state index contributed by atoms with van der Waals surface area (Å²) in [7, 11) is -3.44. The van der Waals surface area contributed by atoms with Gasteiger partial charge in [-0.25, -0.2) is 17.5 Å². The maximum atomic E-state index is 13.1. The first-order valence-electron chi connectivity index (χ1n) is 7.29. The van der Waals surface area contributed by atoms with E-state index < -0.39 is 27.5 Å². The van der Waals surface area contributed by atoms with E-state index in [4.69, 9.17) is 0 Å². The fourth-order valence-corrected chi connectivity index (χ4v) is 3.01. The molecule has 26 heavy (non-hydrogen) atoms. The Hall–Kier alpha value is -2.68. The molecule has 0 atom stereocenters. The van der Waals surface area contributed by atoms with Gasteiger partial charge in [-0.1, -0.05) is 0 Å². The van der Waals surface area contributed by atoms with Gasteiger partial charge in [0.1, 0.15) is 5.82 Å². The third-order valence-electron chi connectivity index (χ3n) is 3.65. The second-order valence-corrected chi connectivity index (χ2v) is 7.61. The van der Waals surface area contributed by atoms with E-state index in [0.29, 0.717) is 5.56 Å². The summed E-state index contributed by atoms with van der Waals surface area (Å²) in [6.45, 7) is 0. The van der Waals surface area contributed by atoms with E-state index in [1.54, 1.807) is 0 Å². The minimum Gasteiger partial charge on any atom is -0.233 e. The Morgan fingerprint density at radius 1 is 0.962 bits per heavy atom. The molecule has 0 fully saturated rings. The third kappa shape index (κ3) is 3.62. The predicted molar refractivity (Wildman–Crippen MR) is 87.1 cm³/mol. The number of aromatic nitrogens is 2. The number of nitrogens with zero attached hydrogens (tertiary/aromatic N) is 2. The molecule has 0 radical (unpaired) electrons. The van der Waals surface area contributed by atoms with Crippen LogP contribution in [0.5, 0.6) is 0 Å². The average Bonchev–Trinajstić information content (AvgIpc) is 3.00. The Kier molecular flexibility index (Phi) is 4.35. The Bertz CT molecular complexity index is 1040. The Labute approximate surface area is 146 Å². The highest BCUT2D eigenvalue weighted by Gasteiger charge is 2.35. The van der Waals surface area contributed by atoms with Crippen molar-refractivity contribution >= 4 is 9.84 Å². The molecule has 0 amide bonds. The zero-order chi connectivity index (χ0) is 19.1. The highest BCUT2D eigenvalue weighted by atomic mass is 32.2. The van der Waals surface area contributed by atoms with Gasteiger partial charge in [-0.2, -0.15) is 18.3 Å². The Morgan fingerprint density at radius 3 is 2.04 bits per heavy atom. The summed E-state index contributed by atoms with van der Waals surface area (Å²) < 4.78 is 76.5. The van der Waals surface area contributed by atoms with E-state index >= 15 is 0 Å². The van der Waals surface area contributed by atoms with E-state index in [1.807, 2.05) is 0 Å². The third-order valence-corrected chi connectivity index (χ3v) is 4.78. The fraction of sp³-hybridized carbons (Fsp3) is 0.118. The summed E-state index contributed by atoms with van der Waals surface area (Å²) in [5.41, 5.74) is -0.428. The summed E-state index contributed by atoms with van der Waals surface area (Å²) in [6.07, 6.45) is -3.63. The number of benzene rings is 2. The highest BCUT2D eigenvalue weighted by molar-refractivity contribution is 7.90. The minimum atomic E-state index is -4.66. The smallest absolute Gasteiger partial charge is 0.233 e. The molecule has 0 aliphatic heterocycles. The van der Waals surface area contributed by atoms with Crippen LogP contribution in [0.15, 0.2) is 59.5 Å². The lowest BCUT2D eigenvalue weighted by atomic mass is 10.1. The fourth-order valence-electron chi connectivity index (χ4n) is 2.38. The molecule has 1 heterocycles. The molecule has 1 aromatic heterocycles. The normalized spacial score (nSPS) is 12.3. The van der Waals surface area contributed by atoms with E-state index in [1.165, 1.54) is 36.4 Å².